The molecule has 0 saturated heterocycles. The summed E-state index contributed by atoms with van der Waals surface area (Å²) < 4.78 is 37.8. The molecular weight excluding hydrogens is 338 g/mol. The van der Waals surface area contributed by atoms with E-state index in [-0.39, 0.29) is 4.90 Å². The van der Waals surface area contributed by atoms with E-state index in [9.17, 15) is 8.42 Å². The van der Waals surface area contributed by atoms with Crippen LogP contribution < -0.4 is 14.2 Å². The summed E-state index contributed by atoms with van der Waals surface area (Å²) in [5.41, 5.74) is 3.72. The van der Waals surface area contributed by atoms with Crippen LogP contribution in [0.2, 0.25) is 0 Å². The molecule has 136 valence electrons. The van der Waals surface area contributed by atoms with E-state index >= 15 is 0 Å². The largest absolute Gasteiger partial charge is 0.493 e. The summed E-state index contributed by atoms with van der Waals surface area (Å²) in [6.07, 6.45) is 1.57. The summed E-state index contributed by atoms with van der Waals surface area (Å²) in [5, 5.41) is 0. The van der Waals surface area contributed by atoms with Crippen LogP contribution in [0.25, 0.3) is 0 Å². The van der Waals surface area contributed by atoms with Crippen LogP contribution in [0.15, 0.2) is 41.3 Å². The molecule has 2 aromatic carbocycles. The van der Waals surface area contributed by atoms with Crippen molar-refractivity contribution in [3.63, 3.8) is 0 Å². The van der Waals surface area contributed by atoms with E-state index in [4.69, 9.17) is 9.47 Å². The number of sulfonamides is 1. The van der Waals surface area contributed by atoms with Crippen molar-refractivity contribution in [1.82, 2.24) is 4.72 Å². The Balaban J connectivity index is 1.97. The molecule has 0 aliphatic carbocycles. The van der Waals surface area contributed by atoms with E-state index in [1.165, 1.54) is 43.0 Å². The highest BCUT2D eigenvalue weighted by molar-refractivity contribution is 7.89. The summed E-state index contributed by atoms with van der Waals surface area (Å²) >= 11 is 0. The molecule has 0 heterocycles. The van der Waals surface area contributed by atoms with Crippen molar-refractivity contribution in [2.24, 2.45) is 0 Å². The molecular formula is C19H25NO4S. The van der Waals surface area contributed by atoms with Gasteiger partial charge in [-0.05, 0) is 49.9 Å². The highest BCUT2D eigenvalue weighted by Gasteiger charge is 2.16. The SMILES string of the molecule is COc1ccc(S(=O)(=O)NCCCc2ccc(C)cc2C)cc1OC. The Morgan fingerprint density at radius 2 is 1.68 bits per heavy atom. The number of hydrogen-bond acceptors (Lipinski definition) is 4. The second-order valence-electron chi connectivity index (χ2n) is 5.95. The first-order chi connectivity index (χ1) is 11.9. The highest BCUT2D eigenvalue weighted by Crippen LogP contribution is 2.29. The van der Waals surface area contributed by atoms with Gasteiger partial charge < -0.3 is 9.47 Å². The van der Waals surface area contributed by atoms with Crippen LogP contribution in [0.1, 0.15) is 23.1 Å². The molecule has 6 heteroatoms. The van der Waals surface area contributed by atoms with Crippen LogP contribution in [0, 0.1) is 13.8 Å². The van der Waals surface area contributed by atoms with Gasteiger partial charge in [0.05, 0.1) is 19.1 Å². The smallest absolute Gasteiger partial charge is 0.240 e. The van der Waals surface area contributed by atoms with Gasteiger partial charge in [0.15, 0.2) is 11.5 Å². The molecule has 0 atom stereocenters. The predicted molar refractivity (Wildman–Crippen MR) is 99.0 cm³/mol. The number of benzene rings is 2. The molecule has 0 amide bonds. The van der Waals surface area contributed by atoms with Crippen molar-refractivity contribution in [2.75, 3.05) is 20.8 Å². The molecule has 0 aliphatic heterocycles. The van der Waals surface area contributed by atoms with E-state index in [2.05, 4.69) is 36.8 Å². The van der Waals surface area contributed by atoms with Gasteiger partial charge in [0.1, 0.15) is 0 Å². The third kappa shape index (κ3) is 4.96. The molecule has 0 aliphatic rings. The van der Waals surface area contributed by atoms with Gasteiger partial charge >= 0.3 is 0 Å². The maximum Gasteiger partial charge on any atom is 0.240 e. The van der Waals surface area contributed by atoms with Crippen LogP contribution in [-0.4, -0.2) is 29.2 Å². The van der Waals surface area contributed by atoms with Crippen LogP contribution >= 0.6 is 0 Å². The minimum atomic E-state index is -3.57. The van der Waals surface area contributed by atoms with E-state index < -0.39 is 10.0 Å². The lowest BCUT2D eigenvalue weighted by Crippen LogP contribution is -2.25. The van der Waals surface area contributed by atoms with Gasteiger partial charge in [0.2, 0.25) is 10.0 Å². The van der Waals surface area contributed by atoms with Crippen molar-refractivity contribution in [2.45, 2.75) is 31.6 Å². The molecule has 0 saturated carbocycles. The third-order valence-corrected chi connectivity index (χ3v) is 5.54. The van der Waals surface area contributed by atoms with E-state index in [1.54, 1.807) is 6.07 Å². The zero-order valence-corrected chi connectivity index (χ0v) is 15.9. The second-order valence-corrected chi connectivity index (χ2v) is 7.72. The van der Waals surface area contributed by atoms with Crippen LogP contribution in [-0.2, 0) is 16.4 Å². The Hall–Kier alpha value is -2.05. The minimum Gasteiger partial charge on any atom is -0.493 e. The van der Waals surface area contributed by atoms with Crippen molar-refractivity contribution >= 4 is 10.0 Å². The summed E-state index contributed by atoms with van der Waals surface area (Å²) in [6, 6.07) is 10.9. The third-order valence-electron chi connectivity index (χ3n) is 4.08. The van der Waals surface area contributed by atoms with Gasteiger partial charge in [0.25, 0.3) is 0 Å². The van der Waals surface area contributed by atoms with E-state index in [1.807, 2.05) is 0 Å². The van der Waals surface area contributed by atoms with Crippen LogP contribution in [0.3, 0.4) is 0 Å². The predicted octanol–water partition coefficient (Wildman–Crippen LogP) is 3.23. The maximum absolute atomic E-state index is 12.4. The normalized spacial score (nSPS) is 11.4. The fraction of sp³-hybridized carbons (Fsp3) is 0.368. The summed E-state index contributed by atoms with van der Waals surface area (Å²) in [4.78, 5) is 0.164. The molecule has 0 radical (unpaired) electrons. The van der Waals surface area contributed by atoms with Gasteiger partial charge in [-0.3, -0.25) is 0 Å². The average Bonchev–Trinajstić information content (AvgIpc) is 2.59. The molecule has 0 unspecified atom stereocenters. The molecule has 25 heavy (non-hydrogen) atoms. The van der Waals surface area contributed by atoms with Gasteiger partial charge in [0, 0.05) is 12.6 Å². The molecule has 0 fully saturated rings. The lowest BCUT2D eigenvalue weighted by atomic mass is 10.0. The Bertz CT molecular complexity index is 831. The zero-order valence-electron chi connectivity index (χ0n) is 15.1. The molecule has 2 aromatic rings. The lowest BCUT2D eigenvalue weighted by Gasteiger charge is -2.11. The van der Waals surface area contributed by atoms with Crippen LogP contribution in [0.5, 0.6) is 11.5 Å². The molecule has 1 N–H and O–H groups in total. The second kappa shape index (κ2) is 8.36. The van der Waals surface area contributed by atoms with E-state index in [0.717, 1.165) is 12.8 Å². The number of methoxy groups -OCH3 is 2. The Morgan fingerprint density at radius 3 is 2.32 bits per heavy atom. The molecule has 0 aromatic heterocycles. The number of aryl methyl sites for hydroxylation is 3. The maximum atomic E-state index is 12.4. The zero-order chi connectivity index (χ0) is 18.4. The number of nitrogens with one attached hydrogen (secondary N) is 1. The van der Waals surface area contributed by atoms with Crippen LogP contribution in [0.4, 0.5) is 0 Å². The fourth-order valence-electron chi connectivity index (χ4n) is 2.68. The fourth-order valence-corrected chi connectivity index (χ4v) is 3.77. The van der Waals surface area contributed by atoms with Crippen molar-refractivity contribution < 1.29 is 17.9 Å². The topological polar surface area (TPSA) is 64.6 Å². The first-order valence-electron chi connectivity index (χ1n) is 8.15. The first-order valence-corrected chi connectivity index (χ1v) is 9.63. The number of ether oxygens (including phenoxy) is 2. The Labute approximate surface area is 150 Å². The van der Waals surface area contributed by atoms with Crippen molar-refractivity contribution in [3.05, 3.63) is 53.1 Å². The monoisotopic (exact) mass is 363 g/mol. The minimum absolute atomic E-state index is 0.164. The first kappa shape index (κ1) is 19.3. The molecule has 2 rings (SSSR count). The Kier molecular flexibility index (Phi) is 6.45. The summed E-state index contributed by atoms with van der Waals surface area (Å²) in [5.74, 6) is 0.886. The van der Waals surface area contributed by atoms with Gasteiger partial charge in [-0.2, -0.15) is 0 Å². The molecule has 0 bridgehead atoms. The van der Waals surface area contributed by atoms with Gasteiger partial charge in [-0.1, -0.05) is 23.8 Å². The number of rotatable bonds is 8. The number of hydrogen-bond donors (Lipinski definition) is 1. The highest BCUT2D eigenvalue weighted by atomic mass is 32.2. The molecule has 0 spiro atoms. The molecule has 5 nitrogen and oxygen atoms in total. The summed E-state index contributed by atoms with van der Waals surface area (Å²) in [7, 11) is -0.586. The van der Waals surface area contributed by atoms with Crippen molar-refractivity contribution in [3.8, 4) is 11.5 Å². The van der Waals surface area contributed by atoms with Gasteiger partial charge in [-0.15, -0.1) is 0 Å². The lowest BCUT2D eigenvalue weighted by molar-refractivity contribution is 0.354. The quantitative estimate of drug-likeness (QED) is 0.732. The standard InChI is InChI=1S/C19H25NO4S/c1-14-7-8-16(15(2)12-14)6-5-11-20-25(21,22)17-9-10-18(23-3)19(13-17)24-4/h7-10,12-13,20H,5-6,11H2,1-4H3. The Morgan fingerprint density at radius 1 is 0.960 bits per heavy atom. The summed E-state index contributed by atoms with van der Waals surface area (Å²) in [6.45, 7) is 4.52. The van der Waals surface area contributed by atoms with E-state index in [0.29, 0.717) is 18.0 Å². The van der Waals surface area contributed by atoms with Crippen molar-refractivity contribution in [1.29, 1.82) is 0 Å². The average molecular weight is 363 g/mol. The van der Waals surface area contributed by atoms with Gasteiger partial charge in [-0.25, -0.2) is 13.1 Å².